The van der Waals surface area contributed by atoms with Crippen molar-refractivity contribution >= 4 is 35.2 Å². The fraction of sp³-hybridized carbons (Fsp3) is 0.618. The third-order valence-corrected chi connectivity index (χ3v) is 8.90. The van der Waals surface area contributed by atoms with E-state index in [1.54, 1.807) is 28.9 Å². The van der Waals surface area contributed by atoms with Crippen LogP contribution in [0.5, 0.6) is 0 Å². The number of nitrogens with one attached hydrogen (secondary N) is 4. The zero-order valence-electron chi connectivity index (χ0n) is 28.1. The zero-order valence-corrected chi connectivity index (χ0v) is 28.1. The molecule has 2 aromatic rings. The smallest absolute Gasteiger partial charge is 0.407 e. The average molecular weight is 636 g/mol. The molecule has 12 heteroatoms. The third-order valence-electron chi connectivity index (χ3n) is 8.90. The second kappa shape index (κ2) is 13.4. The van der Waals surface area contributed by atoms with Crippen molar-refractivity contribution < 1.29 is 23.9 Å². The van der Waals surface area contributed by atoms with Crippen molar-refractivity contribution in [3.63, 3.8) is 0 Å². The Balaban J connectivity index is 1.30. The summed E-state index contributed by atoms with van der Waals surface area (Å²) in [5, 5.41) is 16.7. The lowest BCUT2D eigenvalue weighted by Crippen LogP contribution is -2.50. The maximum absolute atomic E-state index is 14.0. The van der Waals surface area contributed by atoms with Gasteiger partial charge in [0.15, 0.2) is 0 Å². The summed E-state index contributed by atoms with van der Waals surface area (Å²) in [6, 6.07) is 6.08. The van der Waals surface area contributed by atoms with E-state index in [4.69, 9.17) is 4.74 Å². The average Bonchev–Trinajstić information content (AvgIpc) is 3.92. The van der Waals surface area contributed by atoms with Crippen LogP contribution in [0.4, 0.5) is 16.2 Å². The number of carbonyl (C=O) groups is 4. The number of aromatic nitrogens is 2. The van der Waals surface area contributed by atoms with Gasteiger partial charge in [0.05, 0.1) is 5.69 Å². The Hall–Kier alpha value is -3.93. The normalized spacial score (nSPS) is 19.5. The van der Waals surface area contributed by atoms with Gasteiger partial charge in [0.2, 0.25) is 11.8 Å². The van der Waals surface area contributed by atoms with E-state index in [1.807, 2.05) is 59.7 Å². The number of fused-ring (bicyclic) bond motifs is 1. The van der Waals surface area contributed by atoms with Crippen molar-refractivity contribution in [3.05, 3.63) is 41.7 Å². The van der Waals surface area contributed by atoms with Crippen molar-refractivity contribution in [3.8, 4) is 0 Å². The minimum absolute atomic E-state index is 0.00338. The van der Waals surface area contributed by atoms with Crippen LogP contribution in [-0.2, 0) is 14.3 Å². The first-order chi connectivity index (χ1) is 21.7. The molecular formula is C34H49N7O5. The molecule has 12 nitrogen and oxygen atoms in total. The van der Waals surface area contributed by atoms with E-state index >= 15 is 0 Å². The largest absolute Gasteiger partial charge is 0.444 e. The highest BCUT2D eigenvalue weighted by Gasteiger charge is 2.48. The van der Waals surface area contributed by atoms with Crippen LogP contribution in [-0.4, -0.2) is 64.9 Å². The summed E-state index contributed by atoms with van der Waals surface area (Å²) in [5.41, 5.74) is 2.01. The number of nitrogens with zero attached hydrogens (tertiary/aromatic N) is 3. The van der Waals surface area contributed by atoms with Crippen molar-refractivity contribution in [1.82, 2.24) is 25.7 Å². The van der Waals surface area contributed by atoms with E-state index in [0.29, 0.717) is 35.4 Å². The minimum atomic E-state index is -0.688. The second-order valence-electron chi connectivity index (χ2n) is 14.4. The van der Waals surface area contributed by atoms with Gasteiger partial charge in [-0.05, 0) is 109 Å². The van der Waals surface area contributed by atoms with Gasteiger partial charge in [0.1, 0.15) is 17.3 Å². The van der Waals surface area contributed by atoms with Gasteiger partial charge in [-0.2, -0.15) is 5.10 Å². The molecule has 0 spiro atoms. The summed E-state index contributed by atoms with van der Waals surface area (Å²) in [5.74, 6) is 0.295. The number of hydrogen-bond acceptors (Lipinski definition) is 7. The Morgan fingerprint density at radius 3 is 2.30 bits per heavy atom. The lowest BCUT2D eigenvalue weighted by Gasteiger charge is -2.33. The molecule has 2 fully saturated rings. The first-order valence-electron chi connectivity index (χ1n) is 16.5. The van der Waals surface area contributed by atoms with Gasteiger partial charge < -0.3 is 30.9 Å². The molecule has 250 valence electrons. The summed E-state index contributed by atoms with van der Waals surface area (Å²) in [4.78, 5) is 54.3. The summed E-state index contributed by atoms with van der Waals surface area (Å²) < 4.78 is 7.02. The first kappa shape index (κ1) is 33.4. The Morgan fingerprint density at radius 2 is 1.70 bits per heavy atom. The molecule has 4 N–H and O–H groups in total. The SMILES string of the molecule is CC(C)n1nccc1C(=O)N[C@H](C(=O)Nc1ccc2c(c1)N(C)C(=O)CC2NC[C@@H](C)NC(=O)OC(C)(C)C)C(C1CC1)C1CC1. The molecule has 3 aliphatic rings. The summed E-state index contributed by atoms with van der Waals surface area (Å²) in [6.07, 6.45) is 5.64. The first-order valence-corrected chi connectivity index (χ1v) is 16.5. The van der Waals surface area contributed by atoms with Gasteiger partial charge in [0.25, 0.3) is 5.91 Å². The van der Waals surface area contributed by atoms with Gasteiger partial charge in [-0.1, -0.05) is 6.07 Å². The van der Waals surface area contributed by atoms with Crippen LogP contribution in [0.3, 0.4) is 0 Å². The lowest BCUT2D eigenvalue weighted by molar-refractivity contribution is -0.120. The molecule has 2 saturated carbocycles. The number of amides is 4. The Labute approximate surface area is 271 Å². The molecule has 1 aliphatic heterocycles. The van der Waals surface area contributed by atoms with Crippen LogP contribution in [0, 0.1) is 17.8 Å². The number of anilines is 2. The molecule has 0 bridgehead atoms. The Kier molecular flexibility index (Phi) is 9.76. The molecule has 4 amide bonds. The highest BCUT2D eigenvalue weighted by Crippen LogP contribution is 2.51. The van der Waals surface area contributed by atoms with E-state index in [2.05, 4.69) is 26.4 Å². The second-order valence-corrected chi connectivity index (χ2v) is 14.4. The van der Waals surface area contributed by atoms with Crippen LogP contribution in [0.2, 0.25) is 0 Å². The van der Waals surface area contributed by atoms with Crippen LogP contribution in [0.15, 0.2) is 30.5 Å². The van der Waals surface area contributed by atoms with Crippen LogP contribution in [0.1, 0.15) is 102 Å². The topological polar surface area (TPSA) is 147 Å². The van der Waals surface area contributed by atoms with Crippen LogP contribution in [0.25, 0.3) is 0 Å². The molecule has 1 aromatic carbocycles. The maximum Gasteiger partial charge on any atom is 0.407 e. The molecule has 1 aromatic heterocycles. The van der Waals surface area contributed by atoms with E-state index in [9.17, 15) is 19.2 Å². The molecule has 2 heterocycles. The van der Waals surface area contributed by atoms with Crippen molar-refractivity contribution in [2.45, 2.75) is 103 Å². The quantitative estimate of drug-likeness (QED) is 0.268. The van der Waals surface area contributed by atoms with Gasteiger partial charge in [0, 0.05) is 50.0 Å². The maximum atomic E-state index is 14.0. The van der Waals surface area contributed by atoms with E-state index in [0.717, 1.165) is 31.2 Å². The van der Waals surface area contributed by atoms with Gasteiger partial charge >= 0.3 is 6.09 Å². The Morgan fingerprint density at radius 1 is 1.02 bits per heavy atom. The lowest BCUT2D eigenvalue weighted by atomic mass is 9.88. The third kappa shape index (κ3) is 8.07. The van der Waals surface area contributed by atoms with Crippen LogP contribution >= 0.6 is 0 Å². The fourth-order valence-corrected chi connectivity index (χ4v) is 6.39. The molecule has 3 atom stereocenters. The number of hydrogen-bond donors (Lipinski definition) is 4. The minimum Gasteiger partial charge on any atom is -0.444 e. The zero-order chi connectivity index (χ0) is 33.3. The number of carbonyl (C=O) groups excluding carboxylic acids is 4. The van der Waals surface area contributed by atoms with E-state index in [1.165, 1.54) is 0 Å². The number of benzene rings is 1. The fourth-order valence-electron chi connectivity index (χ4n) is 6.39. The standard InChI is InChI=1S/C34H49N7O5/c1-19(2)41-26(14-15-36-41)31(43)39-30(29(21-8-9-21)22-10-11-22)32(44)38-23-12-13-24-25(17-28(42)40(7)27(24)16-23)35-18-20(3)37-33(45)46-34(4,5)6/h12-16,19-22,25,29-30,35H,8-11,17-18H2,1-7H3,(H,37,45)(H,38,44)(H,39,43)/t20-,25?,30+/m1/s1. The number of rotatable bonds is 12. The van der Waals surface area contributed by atoms with Gasteiger partial charge in [-0.15, -0.1) is 0 Å². The Bertz CT molecular complexity index is 1440. The predicted molar refractivity (Wildman–Crippen MR) is 175 cm³/mol. The van der Waals surface area contributed by atoms with Gasteiger partial charge in [-0.25, -0.2) is 4.79 Å². The van der Waals surface area contributed by atoms with Gasteiger partial charge in [-0.3, -0.25) is 19.1 Å². The molecule has 0 radical (unpaired) electrons. The molecular weight excluding hydrogens is 586 g/mol. The van der Waals surface area contributed by atoms with Crippen molar-refractivity contribution in [1.29, 1.82) is 0 Å². The van der Waals surface area contributed by atoms with Crippen molar-refractivity contribution in [2.24, 2.45) is 17.8 Å². The highest BCUT2D eigenvalue weighted by molar-refractivity contribution is 6.02. The summed E-state index contributed by atoms with van der Waals surface area (Å²) >= 11 is 0. The number of alkyl carbamates (subject to hydrolysis) is 1. The molecule has 1 unspecified atom stereocenters. The molecule has 5 rings (SSSR count). The predicted octanol–water partition coefficient (Wildman–Crippen LogP) is 4.55. The summed E-state index contributed by atoms with van der Waals surface area (Å²) in [7, 11) is 1.73. The van der Waals surface area contributed by atoms with E-state index in [-0.39, 0.29) is 48.2 Å². The molecule has 2 aliphatic carbocycles. The number of ether oxygens (including phenoxy) is 1. The highest BCUT2D eigenvalue weighted by atomic mass is 16.6. The summed E-state index contributed by atoms with van der Waals surface area (Å²) in [6.45, 7) is 11.7. The van der Waals surface area contributed by atoms with E-state index < -0.39 is 17.7 Å². The monoisotopic (exact) mass is 635 g/mol. The van der Waals surface area contributed by atoms with Crippen LogP contribution < -0.4 is 26.2 Å². The molecule has 46 heavy (non-hydrogen) atoms. The molecule has 0 saturated heterocycles. The van der Waals surface area contributed by atoms with Crippen molar-refractivity contribution in [2.75, 3.05) is 23.8 Å².